The van der Waals surface area contributed by atoms with Gasteiger partial charge in [0, 0.05) is 16.4 Å². The summed E-state index contributed by atoms with van der Waals surface area (Å²) in [5, 5.41) is 9.28. The van der Waals surface area contributed by atoms with Gasteiger partial charge >= 0.3 is 5.97 Å². The van der Waals surface area contributed by atoms with Crippen molar-refractivity contribution in [3.8, 4) is 0 Å². The van der Waals surface area contributed by atoms with Gasteiger partial charge in [-0.05, 0) is 6.92 Å². The van der Waals surface area contributed by atoms with Gasteiger partial charge in [-0.3, -0.25) is 9.69 Å². The van der Waals surface area contributed by atoms with Crippen LogP contribution in [-0.2, 0) is 9.59 Å². The zero-order valence-electron chi connectivity index (χ0n) is 9.42. The molecule has 2 aliphatic rings. The number of carbonyl (C=O) groups excluding carboxylic acids is 1. The van der Waals surface area contributed by atoms with Crippen LogP contribution in [0.1, 0.15) is 6.92 Å². The Balaban J connectivity index is 0.00000162. The van der Waals surface area contributed by atoms with E-state index in [4.69, 9.17) is 17.3 Å². The molecule has 0 aliphatic carbocycles. The first kappa shape index (κ1) is 15.4. The lowest BCUT2D eigenvalue weighted by molar-refractivity contribution is -0.147. The van der Waals surface area contributed by atoms with E-state index in [1.807, 2.05) is 0 Å². The average molecular weight is 311 g/mol. The minimum Gasteiger partial charge on any atom is -0.477 e. The third kappa shape index (κ3) is 2.14. The SMILES string of the molecule is C/C=C(/Cl)C1=C(C(=O)O)N2C(=O)C(N)[C@H]2SC1.Cl. The zero-order chi connectivity index (χ0) is 12.7. The summed E-state index contributed by atoms with van der Waals surface area (Å²) in [5.41, 5.74) is 6.05. The number of hydrogen-bond donors (Lipinski definition) is 2. The predicted molar refractivity (Wildman–Crippen MR) is 72.6 cm³/mol. The van der Waals surface area contributed by atoms with Crippen molar-refractivity contribution in [2.45, 2.75) is 18.3 Å². The van der Waals surface area contributed by atoms with Gasteiger partial charge < -0.3 is 10.8 Å². The van der Waals surface area contributed by atoms with Gasteiger partial charge in [0.1, 0.15) is 17.1 Å². The van der Waals surface area contributed by atoms with Gasteiger partial charge in [0.15, 0.2) is 0 Å². The van der Waals surface area contributed by atoms with Gasteiger partial charge in [0.2, 0.25) is 5.91 Å². The summed E-state index contributed by atoms with van der Waals surface area (Å²) in [6, 6.07) is -0.611. The highest BCUT2D eigenvalue weighted by Gasteiger charge is 2.51. The molecule has 1 saturated heterocycles. The molecule has 1 amide bonds. The monoisotopic (exact) mass is 310 g/mol. The topological polar surface area (TPSA) is 83.6 Å². The van der Waals surface area contributed by atoms with Crippen LogP contribution in [0.25, 0.3) is 0 Å². The molecule has 0 aromatic heterocycles. The number of halogens is 2. The van der Waals surface area contributed by atoms with Crippen LogP contribution in [0.4, 0.5) is 0 Å². The Morgan fingerprint density at radius 3 is 2.78 bits per heavy atom. The van der Waals surface area contributed by atoms with Gasteiger partial charge in [-0.2, -0.15) is 0 Å². The minimum atomic E-state index is -1.15. The third-order valence-corrected chi connectivity index (χ3v) is 4.50. The van der Waals surface area contributed by atoms with E-state index < -0.39 is 12.0 Å². The second-order valence-electron chi connectivity index (χ2n) is 3.70. The Hall–Kier alpha value is -0.690. The third-order valence-electron chi connectivity index (χ3n) is 2.75. The summed E-state index contributed by atoms with van der Waals surface area (Å²) >= 11 is 7.39. The van der Waals surface area contributed by atoms with Gasteiger partial charge in [-0.1, -0.05) is 17.7 Å². The van der Waals surface area contributed by atoms with Crippen LogP contribution in [0.15, 0.2) is 22.4 Å². The van der Waals surface area contributed by atoms with Crippen molar-refractivity contribution in [2.24, 2.45) is 5.73 Å². The first-order chi connectivity index (χ1) is 7.99. The number of amides is 1. The molecule has 3 N–H and O–H groups in total. The predicted octanol–water partition coefficient (Wildman–Crippen LogP) is 1.13. The second kappa shape index (κ2) is 5.52. The maximum absolute atomic E-state index is 11.6. The highest BCUT2D eigenvalue weighted by Crippen LogP contribution is 2.41. The summed E-state index contributed by atoms with van der Waals surface area (Å²) in [6.45, 7) is 1.72. The first-order valence-electron chi connectivity index (χ1n) is 4.98. The lowest BCUT2D eigenvalue weighted by Gasteiger charge is -2.47. The van der Waals surface area contributed by atoms with Crippen LogP contribution < -0.4 is 5.73 Å². The van der Waals surface area contributed by atoms with E-state index >= 15 is 0 Å². The molecule has 18 heavy (non-hydrogen) atoms. The first-order valence-corrected chi connectivity index (χ1v) is 6.40. The fourth-order valence-electron chi connectivity index (χ4n) is 1.87. The van der Waals surface area contributed by atoms with Gasteiger partial charge in [-0.25, -0.2) is 4.79 Å². The van der Waals surface area contributed by atoms with E-state index in [9.17, 15) is 14.7 Å². The molecule has 5 nitrogen and oxygen atoms in total. The summed E-state index contributed by atoms with van der Waals surface area (Å²) in [4.78, 5) is 24.1. The van der Waals surface area contributed by atoms with Crippen molar-refractivity contribution in [2.75, 3.05) is 5.75 Å². The highest BCUT2D eigenvalue weighted by molar-refractivity contribution is 8.00. The molecule has 2 rings (SSSR count). The van der Waals surface area contributed by atoms with Crippen molar-refractivity contribution >= 4 is 47.6 Å². The lowest BCUT2D eigenvalue weighted by Crippen LogP contribution is -2.68. The maximum atomic E-state index is 11.6. The summed E-state index contributed by atoms with van der Waals surface area (Å²) < 4.78 is 0. The molecule has 1 unspecified atom stereocenters. The molecule has 100 valence electrons. The number of hydrogen-bond acceptors (Lipinski definition) is 4. The Kier molecular flexibility index (Phi) is 4.72. The summed E-state index contributed by atoms with van der Waals surface area (Å²) in [6.07, 6.45) is 1.62. The van der Waals surface area contributed by atoms with Crippen LogP contribution in [0, 0.1) is 0 Å². The smallest absolute Gasteiger partial charge is 0.353 e. The molecule has 0 aromatic carbocycles. The Morgan fingerprint density at radius 2 is 2.28 bits per heavy atom. The molecular formula is C10H12Cl2N2O3S. The number of nitrogens with two attached hydrogens (primary N) is 1. The van der Waals surface area contributed by atoms with Crippen LogP contribution in [0.3, 0.4) is 0 Å². The number of carboxylic acids is 1. The molecule has 0 saturated carbocycles. The van der Waals surface area contributed by atoms with E-state index in [1.54, 1.807) is 13.0 Å². The molecular weight excluding hydrogens is 299 g/mol. The van der Waals surface area contributed by atoms with E-state index in [1.165, 1.54) is 16.7 Å². The molecule has 2 atom stereocenters. The quantitative estimate of drug-likeness (QED) is 0.747. The van der Waals surface area contributed by atoms with Crippen molar-refractivity contribution in [3.63, 3.8) is 0 Å². The second-order valence-corrected chi connectivity index (χ2v) is 5.22. The fraction of sp³-hybridized carbons (Fsp3) is 0.400. The van der Waals surface area contributed by atoms with Gasteiger partial charge in [0.25, 0.3) is 0 Å². The number of thioether (sulfide) groups is 1. The minimum absolute atomic E-state index is 0. The van der Waals surface area contributed by atoms with Crippen molar-refractivity contribution in [1.82, 2.24) is 4.90 Å². The normalized spacial score (nSPS) is 27.4. The number of carboxylic acid groups (broad SMARTS) is 1. The van der Waals surface area contributed by atoms with Crippen LogP contribution in [-0.4, -0.2) is 39.1 Å². The van der Waals surface area contributed by atoms with Gasteiger partial charge in [0.05, 0.1) is 0 Å². The molecule has 2 heterocycles. The number of β-lactam (4-membered cyclic amide) rings is 1. The number of rotatable bonds is 2. The van der Waals surface area contributed by atoms with Crippen molar-refractivity contribution < 1.29 is 14.7 Å². The Bertz CT molecular complexity index is 464. The molecule has 0 radical (unpaired) electrons. The zero-order valence-corrected chi connectivity index (χ0v) is 11.8. The van der Waals surface area contributed by atoms with E-state index in [-0.39, 0.29) is 29.4 Å². The standard InChI is InChI=1S/C10H11ClN2O3S.ClH/c1-2-5(11)4-3-17-9-6(12)8(14)13(9)7(4)10(15)16;/h2,6,9H,3,12H2,1H3,(H,15,16);1H/b5-2+;/t6?,9-;/m1./s1. The van der Waals surface area contributed by atoms with Gasteiger partial charge in [-0.15, -0.1) is 24.2 Å². The van der Waals surface area contributed by atoms with Crippen LogP contribution >= 0.6 is 35.8 Å². The summed E-state index contributed by atoms with van der Waals surface area (Å²) in [5.74, 6) is -1.06. The van der Waals surface area contributed by atoms with E-state index in [2.05, 4.69) is 0 Å². The van der Waals surface area contributed by atoms with Crippen molar-refractivity contribution in [1.29, 1.82) is 0 Å². The Morgan fingerprint density at radius 1 is 1.67 bits per heavy atom. The molecule has 1 fully saturated rings. The number of allylic oxidation sites excluding steroid dienone is 2. The number of fused-ring (bicyclic) bond motifs is 1. The van der Waals surface area contributed by atoms with Crippen molar-refractivity contribution in [3.05, 3.63) is 22.4 Å². The number of carbonyl (C=O) groups is 2. The van der Waals surface area contributed by atoms with Crippen LogP contribution in [0.5, 0.6) is 0 Å². The molecule has 0 aromatic rings. The molecule has 8 heteroatoms. The summed E-state index contributed by atoms with van der Waals surface area (Å²) in [7, 11) is 0. The largest absolute Gasteiger partial charge is 0.477 e. The van der Waals surface area contributed by atoms with E-state index in [0.29, 0.717) is 16.4 Å². The number of nitrogens with zero attached hydrogens (tertiary/aromatic N) is 1. The fourth-order valence-corrected chi connectivity index (χ4v) is 3.42. The average Bonchev–Trinajstić information content (AvgIpc) is 2.34. The molecule has 2 aliphatic heterocycles. The van der Waals surface area contributed by atoms with Crippen LogP contribution in [0.2, 0.25) is 0 Å². The lowest BCUT2D eigenvalue weighted by atomic mass is 10.0. The molecule has 0 spiro atoms. The maximum Gasteiger partial charge on any atom is 0.353 e. The highest BCUT2D eigenvalue weighted by atomic mass is 35.5. The number of aliphatic carboxylic acids is 1. The molecule has 0 bridgehead atoms. The van der Waals surface area contributed by atoms with E-state index in [0.717, 1.165) is 0 Å². The Labute approximate surface area is 119 Å².